The summed E-state index contributed by atoms with van der Waals surface area (Å²) in [5.41, 5.74) is 22.0. The second-order valence-electron chi connectivity index (χ2n) is 23.9. The van der Waals surface area contributed by atoms with E-state index in [1.807, 2.05) is 0 Å². The predicted octanol–water partition coefficient (Wildman–Crippen LogP) is 22.7. The van der Waals surface area contributed by atoms with Crippen LogP contribution in [0.25, 0.3) is 65.8 Å². The van der Waals surface area contributed by atoms with E-state index in [2.05, 4.69) is 254 Å². The molecule has 0 amide bonds. The molecule has 4 nitrogen and oxygen atoms in total. The lowest BCUT2D eigenvalue weighted by Crippen LogP contribution is -2.29. The van der Waals surface area contributed by atoms with E-state index in [4.69, 9.17) is 8.83 Å². The third-order valence-corrected chi connectivity index (χ3v) is 19.4. The lowest BCUT2D eigenvalue weighted by Gasteiger charge is -2.36. The van der Waals surface area contributed by atoms with Gasteiger partial charge in [0.1, 0.15) is 11.2 Å². The molecule has 3 aliphatic rings. The van der Waals surface area contributed by atoms with Crippen LogP contribution in [-0.4, -0.2) is 0 Å². The van der Waals surface area contributed by atoms with Crippen LogP contribution in [0.2, 0.25) is 0 Å². The average molecular weight is 1080 g/mol. The number of fused-ring (bicyclic) bond motifs is 11. The topological polar surface area (TPSA) is 32.8 Å². The van der Waals surface area contributed by atoms with Gasteiger partial charge in [-0.3, -0.25) is 0 Å². The number of rotatable bonds is 10. The standard InChI is InChI=1S/C79H66N2O2/c1-51-25-15-19-43-69(51)80(71-45-23-41-64-62-39-21-37-58(75(62)82-77(64)71)53-27-7-3-8-28-53)57-47-48-66-67(49-57)79(55-31-11-5-12-32-55,56-33-13-6-14-34-56)68-50-73(60-35-17-18-36-61(60)74(66)68)81(70-44-20-16-26-52(70)2)72-46-24-42-65-63-40-22-38-59(76(63)83-78(65)72)54-29-9-4-10-30-54/h5-6,11-26,31-50,53-54H,3-4,7-10,27-30H2,1-2H3. The van der Waals surface area contributed by atoms with E-state index in [0.717, 1.165) is 67.2 Å². The maximum Gasteiger partial charge on any atom is 0.159 e. The van der Waals surface area contributed by atoms with Gasteiger partial charge in [0.05, 0.1) is 22.5 Å². The van der Waals surface area contributed by atoms with Gasteiger partial charge >= 0.3 is 0 Å². The molecule has 0 radical (unpaired) electrons. The lowest BCUT2D eigenvalue weighted by atomic mass is 9.67. The van der Waals surface area contributed by atoms with Gasteiger partial charge in [-0.05, 0) is 155 Å². The smallest absolute Gasteiger partial charge is 0.159 e. The summed E-state index contributed by atoms with van der Waals surface area (Å²) in [5.74, 6) is 1.00. The summed E-state index contributed by atoms with van der Waals surface area (Å²) in [4.78, 5) is 4.99. The van der Waals surface area contributed by atoms with Gasteiger partial charge in [-0.25, -0.2) is 0 Å². The van der Waals surface area contributed by atoms with Crippen LogP contribution in [0.5, 0.6) is 0 Å². The van der Waals surface area contributed by atoms with Gasteiger partial charge in [0, 0.05) is 44.0 Å². The molecule has 16 rings (SSSR count). The third-order valence-electron chi connectivity index (χ3n) is 19.4. The summed E-state index contributed by atoms with van der Waals surface area (Å²) in [6.07, 6.45) is 12.5. The van der Waals surface area contributed by atoms with Crippen molar-refractivity contribution in [2.45, 2.75) is 95.3 Å². The molecule has 2 heterocycles. The number of anilines is 6. The molecule has 2 saturated carbocycles. The van der Waals surface area contributed by atoms with Gasteiger partial charge < -0.3 is 18.6 Å². The number of para-hydroxylation sites is 6. The van der Waals surface area contributed by atoms with E-state index in [-0.39, 0.29) is 0 Å². The van der Waals surface area contributed by atoms with Crippen molar-refractivity contribution in [2.24, 2.45) is 0 Å². The van der Waals surface area contributed by atoms with Crippen LogP contribution in [0, 0.1) is 13.8 Å². The van der Waals surface area contributed by atoms with E-state index in [0.29, 0.717) is 11.8 Å². The number of nitrogens with zero attached hydrogens (tertiary/aromatic N) is 2. The first-order valence-corrected chi connectivity index (χ1v) is 30.5. The molecular weight excluding hydrogens is 1010 g/mol. The normalized spacial score (nSPS) is 15.3. The van der Waals surface area contributed by atoms with Crippen molar-refractivity contribution in [3.8, 4) is 11.1 Å². The van der Waals surface area contributed by atoms with Crippen LogP contribution in [-0.2, 0) is 5.41 Å². The van der Waals surface area contributed by atoms with Gasteiger partial charge in [0.2, 0.25) is 0 Å². The first-order chi connectivity index (χ1) is 41.0. The zero-order valence-electron chi connectivity index (χ0n) is 47.4. The highest BCUT2D eigenvalue weighted by molar-refractivity contribution is 6.16. The summed E-state index contributed by atoms with van der Waals surface area (Å²) in [6.45, 7) is 4.48. The number of aryl methyl sites for hydroxylation is 2. The zero-order chi connectivity index (χ0) is 55.2. The second-order valence-corrected chi connectivity index (χ2v) is 23.9. The molecule has 11 aromatic carbocycles. The maximum absolute atomic E-state index is 7.41. The van der Waals surface area contributed by atoms with Crippen LogP contribution in [0.4, 0.5) is 34.1 Å². The molecule has 3 aliphatic carbocycles. The number of furan rings is 2. The van der Waals surface area contributed by atoms with E-state index in [1.54, 1.807) is 0 Å². The summed E-state index contributed by atoms with van der Waals surface area (Å²) in [7, 11) is 0. The lowest BCUT2D eigenvalue weighted by molar-refractivity contribution is 0.442. The minimum Gasteiger partial charge on any atom is -0.454 e. The quantitative estimate of drug-likeness (QED) is 0.137. The Labute approximate surface area is 486 Å². The molecule has 0 spiro atoms. The van der Waals surface area contributed by atoms with Crippen LogP contribution in [0.1, 0.15) is 121 Å². The fraction of sp³-hybridized carbons (Fsp3) is 0.190. The summed E-state index contributed by atoms with van der Waals surface area (Å²) < 4.78 is 14.8. The Bertz CT molecular complexity index is 4590. The van der Waals surface area contributed by atoms with Crippen molar-refractivity contribution >= 4 is 88.8 Å². The van der Waals surface area contributed by atoms with Crippen LogP contribution >= 0.6 is 0 Å². The van der Waals surface area contributed by atoms with Gasteiger partial charge in [0.15, 0.2) is 11.2 Å². The molecule has 0 N–H and O–H groups in total. The fourth-order valence-corrected chi connectivity index (χ4v) is 15.5. The monoisotopic (exact) mass is 1070 g/mol. The van der Waals surface area contributed by atoms with Gasteiger partial charge in [-0.15, -0.1) is 0 Å². The molecule has 0 aliphatic heterocycles. The van der Waals surface area contributed by atoms with Gasteiger partial charge in [0.25, 0.3) is 0 Å². The first-order valence-electron chi connectivity index (χ1n) is 30.5. The van der Waals surface area contributed by atoms with Crippen molar-refractivity contribution in [1.82, 2.24) is 0 Å². The highest BCUT2D eigenvalue weighted by atomic mass is 16.3. The van der Waals surface area contributed by atoms with E-state index >= 15 is 0 Å². The molecule has 2 aromatic heterocycles. The largest absolute Gasteiger partial charge is 0.454 e. The van der Waals surface area contributed by atoms with Gasteiger partial charge in [-0.1, -0.05) is 227 Å². The van der Waals surface area contributed by atoms with Crippen molar-refractivity contribution in [1.29, 1.82) is 0 Å². The first kappa shape index (κ1) is 49.7. The maximum atomic E-state index is 7.41. The highest BCUT2D eigenvalue weighted by Crippen LogP contribution is 2.61. The molecule has 0 unspecified atom stereocenters. The third kappa shape index (κ3) is 7.78. The van der Waals surface area contributed by atoms with Crippen LogP contribution < -0.4 is 9.80 Å². The number of hydrogen-bond donors (Lipinski definition) is 0. The van der Waals surface area contributed by atoms with Gasteiger partial charge in [-0.2, -0.15) is 0 Å². The SMILES string of the molecule is Cc1ccccc1N(c1ccc2c(c1)C(c1ccccc1)(c1ccccc1)c1cc(N(c3ccccc3C)c3cccc4c3oc3c(C5CCCCC5)cccc34)c3ccccc3c1-2)c1cccc2c1oc1c(C3CCCCC3)cccc12. The fourth-order valence-electron chi connectivity index (χ4n) is 15.5. The Morgan fingerprint density at radius 3 is 1.31 bits per heavy atom. The average Bonchev–Trinajstić information content (AvgIpc) is 1.81. The molecule has 404 valence electrons. The molecule has 4 heteroatoms. The van der Waals surface area contributed by atoms with Crippen molar-refractivity contribution < 1.29 is 8.83 Å². The molecule has 13 aromatic rings. The minimum absolute atomic E-state index is 0.498. The summed E-state index contributed by atoms with van der Waals surface area (Å²) >= 11 is 0. The molecule has 83 heavy (non-hydrogen) atoms. The predicted molar refractivity (Wildman–Crippen MR) is 346 cm³/mol. The Hall–Kier alpha value is -9.12. The van der Waals surface area contributed by atoms with Crippen LogP contribution in [0.15, 0.2) is 239 Å². The minimum atomic E-state index is -0.767. The second kappa shape index (κ2) is 20.1. The molecule has 0 atom stereocenters. The Morgan fingerprint density at radius 1 is 0.337 bits per heavy atom. The Kier molecular flexibility index (Phi) is 12.0. The van der Waals surface area contributed by atoms with E-state index in [9.17, 15) is 0 Å². The summed E-state index contributed by atoms with van der Waals surface area (Å²) in [6, 6.07) is 86.5. The van der Waals surface area contributed by atoms with E-state index < -0.39 is 5.41 Å². The highest BCUT2D eigenvalue weighted by Gasteiger charge is 2.48. The number of benzene rings is 11. The van der Waals surface area contributed by atoms with E-state index in [1.165, 1.54) is 141 Å². The Balaban J connectivity index is 0.971. The van der Waals surface area contributed by atoms with Crippen molar-refractivity contribution in [3.63, 3.8) is 0 Å². The molecule has 2 fully saturated rings. The Morgan fingerprint density at radius 2 is 0.771 bits per heavy atom. The molecule has 0 saturated heterocycles. The summed E-state index contributed by atoms with van der Waals surface area (Å²) in [5, 5.41) is 7.04. The molecular formula is C79H66N2O2. The number of hydrogen-bond acceptors (Lipinski definition) is 4. The van der Waals surface area contributed by atoms with Crippen LogP contribution in [0.3, 0.4) is 0 Å². The van der Waals surface area contributed by atoms with Crippen molar-refractivity contribution in [3.05, 3.63) is 275 Å². The zero-order valence-corrected chi connectivity index (χ0v) is 47.4. The molecule has 0 bridgehead atoms. The van der Waals surface area contributed by atoms with Crippen molar-refractivity contribution in [2.75, 3.05) is 9.80 Å².